The van der Waals surface area contributed by atoms with Crippen LogP contribution in [0.5, 0.6) is 0 Å². The summed E-state index contributed by atoms with van der Waals surface area (Å²) in [4.78, 5) is 0. The van der Waals surface area contributed by atoms with Gasteiger partial charge in [-0.3, -0.25) is 0 Å². The lowest BCUT2D eigenvalue weighted by molar-refractivity contribution is 1.73. The van der Waals surface area contributed by atoms with E-state index in [0.29, 0.717) is 8.19 Å². The molecular formula is C24H15P2. The molecule has 0 aliphatic carbocycles. The van der Waals surface area contributed by atoms with Crippen molar-refractivity contribution in [2.75, 3.05) is 0 Å². The van der Waals surface area contributed by atoms with Gasteiger partial charge in [0.1, 0.15) is 0 Å². The van der Waals surface area contributed by atoms with Crippen LogP contribution in [-0.2, 0) is 0 Å². The lowest BCUT2D eigenvalue weighted by Crippen LogP contribution is -1.79. The van der Waals surface area contributed by atoms with Gasteiger partial charge in [-0.1, -0.05) is 78.9 Å². The summed E-state index contributed by atoms with van der Waals surface area (Å²) in [5.74, 6) is 0. The highest BCUT2D eigenvalue weighted by Crippen LogP contribution is 2.44. The predicted octanol–water partition coefficient (Wildman–Crippen LogP) is 7.83. The summed E-state index contributed by atoms with van der Waals surface area (Å²) in [5.41, 5.74) is 2.55. The van der Waals surface area contributed by atoms with Gasteiger partial charge in [0, 0.05) is 21.7 Å². The van der Waals surface area contributed by atoms with Gasteiger partial charge in [-0.2, -0.15) is 0 Å². The zero-order valence-electron chi connectivity index (χ0n) is 14.0. The van der Waals surface area contributed by atoms with Crippen LogP contribution in [0, 0.1) is 6.07 Å². The van der Waals surface area contributed by atoms with Crippen molar-refractivity contribution in [1.29, 1.82) is 0 Å². The van der Waals surface area contributed by atoms with Gasteiger partial charge < -0.3 is 0 Å². The smallest absolute Gasteiger partial charge is 0.00791 e. The Kier molecular flexibility index (Phi) is 3.09. The topological polar surface area (TPSA) is 0 Å². The summed E-state index contributed by atoms with van der Waals surface area (Å²) in [5, 5.41) is 11.3. The van der Waals surface area contributed by atoms with Crippen molar-refractivity contribution >= 4 is 58.4 Å². The van der Waals surface area contributed by atoms with E-state index >= 15 is 0 Å². The van der Waals surface area contributed by atoms with Crippen LogP contribution in [0.25, 0.3) is 53.1 Å². The maximum Gasteiger partial charge on any atom is 0.00791 e. The molecule has 1 radical (unpaired) electrons. The van der Waals surface area contributed by atoms with Crippen molar-refractivity contribution in [3.05, 3.63) is 84.9 Å². The lowest BCUT2D eigenvalue weighted by Gasteiger charge is -2.05. The van der Waals surface area contributed by atoms with Gasteiger partial charge in [0.05, 0.1) is 0 Å². The van der Waals surface area contributed by atoms with Crippen LogP contribution in [0.4, 0.5) is 0 Å². The molecule has 0 bridgehead atoms. The molecule has 6 rings (SSSR count). The molecule has 0 spiro atoms. The number of benzene rings is 4. The molecule has 2 atom stereocenters. The van der Waals surface area contributed by atoms with E-state index in [4.69, 9.17) is 0 Å². The third kappa shape index (κ3) is 2.04. The molecule has 4 aromatic carbocycles. The van der Waals surface area contributed by atoms with E-state index in [1.165, 1.54) is 53.1 Å². The first-order valence-electron chi connectivity index (χ1n) is 8.81. The molecular weight excluding hydrogens is 350 g/mol. The Morgan fingerprint density at radius 1 is 0.538 bits per heavy atom. The maximum atomic E-state index is 3.76. The minimum absolute atomic E-state index is 0.712. The number of hydrogen-bond acceptors (Lipinski definition) is 0. The maximum absolute atomic E-state index is 3.76. The van der Waals surface area contributed by atoms with Gasteiger partial charge in [0.2, 0.25) is 0 Å². The Balaban J connectivity index is 1.68. The van der Waals surface area contributed by atoms with Crippen molar-refractivity contribution in [2.45, 2.75) is 0 Å². The van der Waals surface area contributed by atoms with Crippen molar-refractivity contribution in [3.8, 4) is 11.1 Å². The van der Waals surface area contributed by atoms with Gasteiger partial charge in [0.25, 0.3) is 0 Å². The molecule has 26 heavy (non-hydrogen) atoms. The number of rotatable bonds is 1. The molecule has 6 aromatic rings. The number of hydrogen-bond donors (Lipinski definition) is 0. The second kappa shape index (κ2) is 5.49. The minimum Gasteiger partial charge on any atom is -0.123 e. The van der Waals surface area contributed by atoms with Crippen molar-refractivity contribution in [1.82, 2.24) is 0 Å². The lowest BCUT2D eigenvalue weighted by atomic mass is 9.98. The highest BCUT2D eigenvalue weighted by molar-refractivity contribution is 7.44. The first kappa shape index (κ1) is 14.6. The Labute approximate surface area is 154 Å². The standard InChI is InChI=1S/C24H15P2/c1-3-9-20-17(6-1)18-13-12-15(14-23(18)26-20)16-8-5-11-22-24(16)19-7-2-4-10-21(19)25-22/h1-13,25-26H. The highest BCUT2D eigenvalue weighted by atomic mass is 31.0. The first-order valence-corrected chi connectivity index (χ1v) is 10.8. The predicted molar refractivity (Wildman–Crippen MR) is 120 cm³/mol. The molecule has 0 fully saturated rings. The van der Waals surface area contributed by atoms with Crippen LogP contribution >= 0.6 is 16.4 Å². The van der Waals surface area contributed by atoms with Gasteiger partial charge in [0.15, 0.2) is 0 Å². The third-order valence-corrected chi connectivity index (χ3v) is 7.98. The fraction of sp³-hybridized carbons (Fsp3) is 0. The summed E-state index contributed by atoms with van der Waals surface area (Å²) in [7, 11) is 1.47. The molecule has 0 N–H and O–H groups in total. The summed E-state index contributed by atoms with van der Waals surface area (Å²) in [6.45, 7) is 0. The molecule has 2 heteroatoms. The average Bonchev–Trinajstić information content (AvgIpc) is 3.25. The Hall–Kier alpha value is -2.52. The van der Waals surface area contributed by atoms with E-state index in [-0.39, 0.29) is 0 Å². The van der Waals surface area contributed by atoms with E-state index in [1.807, 2.05) is 0 Å². The summed E-state index contributed by atoms with van der Waals surface area (Å²) >= 11 is 0. The molecule has 121 valence electrons. The monoisotopic (exact) mass is 365 g/mol. The van der Waals surface area contributed by atoms with Crippen LogP contribution in [0.1, 0.15) is 0 Å². The van der Waals surface area contributed by atoms with Crippen molar-refractivity contribution < 1.29 is 0 Å². The third-order valence-electron chi connectivity index (χ3n) is 5.24. The van der Waals surface area contributed by atoms with Crippen molar-refractivity contribution in [3.63, 3.8) is 0 Å². The van der Waals surface area contributed by atoms with Crippen LogP contribution in [0.3, 0.4) is 0 Å². The molecule has 0 saturated carbocycles. The van der Waals surface area contributed by atoms with Crippen LogP contribution in [0.15, 0.2) is 78.9 Å². The Morgan fingerprint density at radius 3 is 2.15 bits per heavy atom. The quantitative estimate of drug-likeness (QED) is 0.278. The van der Waals surface area contributed by atoms with E-state index in [1.54, 1.807) is 0 Å². The van der Waals surface area contributed by atoms with Crippen LogP contribution in [0.2, 0.25) is 0 Å². The molecule has 0 saturated heterocycles. The fourth-order valence-electron chi connectivity index (χ4n) is 4.06. The average molecular weight is 365 g/mol. The largest absolute Gasteiger partial charge is 0.123 e. The SMILES string of the molecule is [c]1c(-c2cccc3[pH]c4ccccc4c23)ccc2c1[pH]c1ccccc12. The molecule has 0 aliphatic heterocycles. The fourth-order valence-corrected chi connectivity index (χ4v) is 6.80. The molecule has 2 unspecified atom stereocenters. The van der Waals surface area contributed by atoms with E-state index in [2.05, 4.69) is 84.9 Å². The highest BCUT2D eigenvalue weighted by Gasteiger charge is 2.11. The zero-order valence-corrected chi connectivity index (χ0v) is 16.0. The molecule has 2 aromatic heterocycles. The Bertz CT molecular complexity index is 1430. The Morgan fingerprint density at radius 2 is 1.27 bits per heavy atom. The minimum atomic E-state index is 0.712. The van der Waals surface area contributed by atoms with Crippen LogP contribution in [-0.4, -0.2) is 0 Å². The van der Waals surface area contributed by atoms with Crippen molar-refractivity contribution in [2.24, 2.45) is 0 Å². The van der Waals surface area contributed by atoms with E-state index < -0.39 is 0 Å². The van der Waals surface area contributed by atoms with Gasteiger partial charge >= 0.3 is 0 Å². The molecule has 0 aliphatic rings. The van der Waals surface area contributed by atoms with Gasteiger partial charge in [-0.15, -0.1) is 16.4 Å². The molecule has 0 nitrogen and oxygen atoms in total. The van der Waals surface area contributed by atoms with Gasteiger partial charge in [-0.25, -0.2) is 0 Å². The normalized spacial score (nSPS) is 12.5. The second-order valence-corrected chi connectivity index (χ2v) is 9.35. The number of fused-ring (bicyclic) bond motifs is 6. The second-order valence-electron chi connectivity index (χ2n) is 6.73. The van der Waals surface area contributed by atoms with Gasteiger partial charge in [-0.05, 0) is 37.5 Å². The van der Waals surface area contributed by atoms with Crippen LogP contribution < -0.4 is 0 Å². The summed E-state index contributed by atoms with van der Waals surface area (Å²) in [6.07, 6.45) is 0. The summed E-state index contributed by atoms with van der Waals surface area (Å²) in [6, 6.07) is 32.6. The summed E-state index contributed by atoms with van der Waals surface area (Å²) < 4.78 is 0. The molecule has 0 amide bonds. The zero-order chi connectivity index (χ0) is 17.1. The van der Waals surface area contributed by atoms with E-state index in [9.17, 15) is 0 Å². The molecule has 2 heterocycles. The first-order chi connectivity index (χ1) is 12.9. The van der Waals surface area contributed by atoms with E-state index in [0.717, 1.165) is 8.19 Å².